The SMILES string of the molecule is N#CCCNC(=O)c1ccccc1CCN. The van der Waals surface area contributed by atoms with E-state index in [0.29, 0.717) is 31.5 Å². The van der Waals surface area contributed by atoms with Gasteiger partial charge >= 0.3 is 0 Å². The van der Waals surface area contributed by atoms with Gasteiger partial charge < -0.3 is 11.1 Å². The summed E-state index contributed by atoms with van der Waals surface area (Å²) in [5.41, 5.74) is 7.06. The van der Waals surface area contributed by atoms with Crippen molar-refractivity contribution >= 4 is 5.91 Å². The number of hydrogen-bond acceptors (Lipinski definition) is 3. The number of carbonyl (C=O) groups is 1. The third-order valence-electron chi connectivity index (χ3n) is 2.20. The third kappa shape index (κ3) is 3.37. The molecule has 0 saturated heterocycles. The molecule has 4 heteroatoms. The van der Waals surface area contributed by atoms with E-state index in [2.05, 4.69) is 5.32 Å². The van der Waals surface area contributed by atoms with Gasteiger partial charge in [0.05, 0.1) is 12.5 Å². The summed E-state index contributed by atoms with van der Waals surface area (Å²) < 4.78 is 0. The molecule has 0 aliphatic carbocycles. The lowest BCUT2D eigenvalue weighted by Gasteiger charge is -2.08. The Morgan fingerprint density at radius 3 is 2.88 bits per heavy atom. The van der Waals surface area contributed by atoms with Gasteiger partial charge in [0.2, 0.25) is 0 Å². The molecule has 16 heavy (non-hydrogen) atoms. The van der Waals surface area contributed by atoms with E-state index in [-0.39, 0.29) is 5.91 Å². The lowest BCUT2D eigenvalue weighted by molar-refractivity contribution is 0.0953. The molecule has 1 aromatic rings. The van der Waals surface area contributed by atoms with Gasteiger partial charge in [-0.3, -0.25) is 4.79 Å². The third-order valence-corrected chi connectivity index (χ3v) is 2.20. The standard InChI is InChI=1S/C12H15N3O/c13-7-3-9-15-12(16)11-5-2-1-4-10(11)6-8-14/h1-2,4-5H,3,6,8-9,14H2,(H,15,16). The van der Waals surface area contributed by atoms with E-state index in [4.69, 9.17) is 11.0 Å². The summed E-state index contributed by atoms with van der Waals surface area (Å²) in [7, 11) is 0. The Kier molecular flexibility index (Phi) is 5.03. The summed E-state index contributed by atoms with van der Waals surface area (Å²) in [6.45, 7) is 0.898. The average Bonchev–Trinajstić information content (AvgIpc) is 2.30. The summed E-state index contributed by atoms with van der Waals surface area (Å²) in [5.74, 6) is -0.140. The molecule has 0 atom stereocenters. The number of carbonyl (C=O) groups excluding carboxylic acids is 1. The summed E-state index contributed by atoms with van der Waals surface area (Å²) in [4.78, 5) is 11.8. The highest BCUT2D eigenvalue weighted by Gasteiger charge is 2.08. The highest BCUT2D eigenvalue weighted by Crippen LogP contribution is 2.08. The van der Waals surface area contributed by atoms with Gasteiger partial charge in [-0.05, 0) is 24.6 Å². The van der Waals surface area contributed by atoms with Crippen LogP contribution in [0, 0.1) is 11.3 Å². The van der Waals surface area contributed by atoms with Crippen LogP contribution in [0.5, 0.6) is 0 Å². The van der Waals surface area contributed by atoms with Crippen LogP contribution in [0.1, 0.15) is 22.3 Å². The van der Waals surface area contributed by atoms with E-state index in [9.17, 15) is 4.79 Å². The number of nitrogens with zero attached hydrogens (tertiary/aromatic N) is 1. The van der Waals surface area contributed by atoms with Crippen molar-refractivity contribution in [2.45, 2.75) is 12.8 Å². The molecule has 1 rings (SSSR count). The van der Waals surface area contributed by atoms with Crippen molar-refractivity contribution in [3.05, 3.63) is 35.4 Å². The highest BCUT2D eigenvalue weighted by molar-refractivity contribution is 5.95. The number of rotatable bonds is 5. The fourth-order valence-corrected chi connectivity index (χ4v) is 1.44. The summed E-state index contributed by atoms with van der Waals surface area (Å²) in [6.07, 6.45) is 1.01. The topological polar surface area (TPSA) is 78.9 Å². The van der Waals surface area contributed by atoms with Crippen LogP contribution in [-0.2, 0) is 6.42 Å². The molecule has 0 bridgehead atoms. The molecule has 1 aromatic carbocycles. The second-order valence-electron chi connectivity index (χ2n) is 3.36. The van der Waals surface area contributed by atoms with Crippen LogP contribution in [0.4, 0.5) is 0 Å². The van der Waals surface area contributed by atoms with Gasteiger partial charge in [0.25, 0.3) is 5.91 Å². The van der Waals surface area contributed by atoms with Crippen LogP contribution in [0.25, 0.3) is 0 Å². The number of amides is 1. The van der Waals surface area contributed by atoms with Crippen molar-refractivity contribution in [3.8, 4) is 6.07 Å². The maximum atomic E-state index is 11.8. The molecule has 0 spiro atoms. The number of benzene rings is 1. The van der Waals surface area contributed by atoms with Crippen molar-refractivity contribution < 1.29 is 4.79 Å². The van der Waals surface area contributed by atoms with Crippen molar-refractivity contribution in [1.82, 2.24) is 5.32 Å². The second kappa shape index (κ2) is 6.59. The minimum Gasteiger partial charge on any atom is -0.351 e. The summed E-state index contributed by atoms with van der Waals surface area (Å²) >= 11 is 0. The van der Waals surface area contributed by atoms with Crippen molar-refractivity contribution in [1.29, 1.82) is 5.26 Å². The van der Waals surface area contributed by atoms with Gasteiger partial charge in [0.15, 0.2) is 0 Å². The van der Waals surface area contributed by atoms with Crippen molar-refractivity contribution in [2.24, 2.45) is 5.73 Å². The fraction of sp³-hybridized carbons (Fsp3) is 0.333. The Hall–Kier alpha value is -1.86. The first kappa shape index (κ1) is 12.2. The molecule has 3 N–H and O–H groups in total. The van der Waals surface area contributed by atoms with E-state index < -0.39 is 0 Å². The summed E-state index contributed by atoms with van der Waals surface area (Å²) in [6, 6.07) is 9.35. The van der Waals surface area contributed by atoms with E-state index in [1.165, 1.54) is 0 Å². The molecule has 0 aromatic heterocycles. The molecule has 0 fully saturated rings. The number of nitriles is 1. The van der Waals surface area contributed by atoms with Crippen LogP contribution in [0.2, 0.25) is 0 Å². The molecule has 4 nitrogen and oxygen atoms in total. The quantitative estimate of drug-likeness (QED) is 0.717. The van der Waals surface area contributed by atoms with Crippen molar-refractivity contribution in [3.63, 3.8) is 0 Å². The van der Waals surface area contributed by atoms with Crippen LogP contribution in [0.3, 0.4) is 0 Å². The number of nitrogens with one attached hydrogen (secondary N) is 1. The lowest BCUT2D eigenvalue weighted by Crippen LogP contribution is -2.25. The largest absolute Gasteiger partial charge is 0.351 e. The fourth-order valence-electron chi connectivity index (χ4n) is 1.44. The van der Waals surface area contributed by atoms with E-state index in [0.717, 1.165) is 5.56 Å². The zero-order valence-corrected chi connectivity index (χ0v) is 9.07. The van der Waals surface area contributed by atoms with E-state index >= 15 is 0 Å². The Labute approximate surface area is 95.1 Å². The van der Waals surface area contributed by atoms with Crippen LogP contribution in [-0.4, -0.2) is 19.0 Å². The zero-order chi connectivity index (χ0) is 11.8. The molecular formula is C12H15N3O. The molecule has 84 valence electrons. The minimum absolute atomic E-state index is 0.140. The van der Waals surface area contributed by atoms with Gasteiger partial charge in [-0.15, -0.1) is 0 Å². The first-order valence-corrected chi connectivity index (χ1v) is 5.22. The number of hydrogen-bond donors (Lipinski definition) is 2. The predicted molar refractivity (Wildman–Crippen MR) is 61.8 cm³/mol. The van der Waals surface area contributed by atoms with Gasteiger partial charge in [0.1, 0.15) is 0 Å². The number of nitrogens with two attached hydrogens (primary N) is 1. The molecule has 0 aliphatic heterocycles. The van der Waals surface area contributed by atoms with Gasteiger partial charge in [-0.2, -0.15) is 5.26 Å². The predicted octanol–water partition coefficient (Wildman–Crippen LogP) is 0.831. The Morgan fingerprint density at radius 1 is 1.44 bits per heavy atom. The highest BCUT2D eigenvalue weighted by atomic mass is 16.1. The Morgan fingerprint density at radius 2 is 2.19 bits per heavy atom. The normalized spacial score (nSPS) is 9.50. The maximum absolute atomic E-state index is 11.8. The van der Waals surface area contributed by atoms with Gasteiger partial charge in [-0.25, -0.2) is 0 Å². The molecule has 0 saturated carbocycles. The molecule has 0 aliphatic rings. The smallest absolute Gasteiger partial charge is 0.251 e. The minimum atomic E-state index is -0.140. The first-order chi connectivity index (χ1) is 7.79. The lowest BCUT2D eigenvalue weighted by atomic mass is 10.0. The van der Waals surface area contributed by atoms with Crippen LogP contribution < -0.4 is 11.1 Å². The monoisotopic (exact) mass is 217 g/mol. The molecule has 0 radical (unpaired) electrons. The zero-order valence-electron chi connectivity index (χ0n) is 9.07. The Balaban J connectivity index is 2.70. The molecule has 1 amide bonds. The van der Waals surface area contributed by atoms with Gasteiger partial charge in [0, 0.05) is 12.1 Å². The summed E-state index contributed by atoms with van der Waals surface area (Å²) in [5, 5.41) is 11.1. The van der Waals surface area contributed by atoms with Crippen molar-refractivity contribution in [2.75, 3.05) is 13.1 Å². The van der Waals surface area contributed by atoms with Crippen LogP contribution in [0.15, 0.2) is 24.3 Å². The molecular weight excluding hydrogens is 202 g/mol. The average molecular weight is 217 g/mol. The Bertz CT molecular complexity index is 395. The van der Waals surface area contributed by atoms with E-state index in [1.807, 2.05) is 24.3 Å². The van der Waals surface area contributed by atoms with E-state index in [1.54, 1.807) is 6.07 Å². The maximum Gasteiger partial charge on any atom is 0.251 e. The first-order valence-electron chi connectivity index (χ1n) is 5.22. The second-order valence-corrected chi connectivity index (χ2v) is 3.36. The van der Waals surface area contributed by atoms with Crippen LogP contribution >= 0.6 is 0 Å². The van der Waals surface area contributed by atoms with Gasteiger partial charge in [-0.1, -0.05) is 18.2 Å². The molecule has 0 unspecified atom stereocenters. The molecule has 0 heterocycles.